The van der Waals surface area contributed by atoms with Crippen LogP contribution in [0.4, 0.5) is 20.3 Å². The summed E-state index contributed by atoms with van der Waals surface area (Å²) in [6.45, 7) is 17.2. The first-order valence-corrected chi connectivity index (χ1v) is 13.4. The molecule has 1 N–H and O–H groups in total. The highest BCUT2D eigenvalue weighted by molar-refractivity contribution is 5.99. The van der Waals surface area contributed by atoms with Crippen molar-refractivity contribution in [2.45, 2.75) is 60.0 Å². The number of aliphatic imine (C=N–C) groups is 1. The summed E-state index contributed by atoms with van der Waals surface area (Å²) in [6.07, 6.45) is 1.77. The number of ether oxygens (including phenoxy) is 2. The van der Waals surface area contributed by atoms with Gasteiger partial charge in [-0.2, -0.15) is 0 Å². The van der Waals surface area contributed by atoms with Gasteiger partial charge < -0.3 is 19.7 Å². The van der Waals surface area contributed by atoms with Gasteiger partial charge in [-0.1, -0.05) is 27.7 Å². The molecule has 2 aliphatic rings. The molecule has 0 radical (unpaired) electrons. The van der Waals surface area contributed by atoms with Gasteiger partial charge in [0.1, 0.15) is 24.1 Å². The molecule has 38 heavy (non-hydrogen) atoms. The van der Waals surface area contributed by atoms with Crippen LogP contribution < -0.4 is 10.2 Å². The smallest absolute Gasteiger partial charge is 0.216 e. The van der Waals surface area contributed by atoms with E-state index in [1.54, 1.807) is 6.20 Å². The van der Waals surface area contributed by atoms with Gasteiger partial charge in [-0.25, -0.2) is 18.8 Å². The number of halogens is 2. The quantitative estimate of drug-likeness (QED) is 0.407. The maximum Gasteiger partial charge on any atom is 0.216 e. The average molecular weight is 528 g/mol. The minimum atomic E-state index is -0.640. The lowest BCUT2D eigenvalue weighted by Crippen LogP contribution is -2.36. The number of benzene rings is 2. The molecular formula is C29H39F2N5O2. The molecule has 0 saturated carbocycles. The number of nitrogens with zero attached hydrogens (tertiary/aromatic N) is 4. The Kier molecular flexibility index (Phi) is 9.96. The zero-order valence-electron chi connectivity index (χ0n) is 23.4. The largest absolute Gasteiger partial charge is 0.475 e. The van der Waals surface area contributed by atoms with E-state index in [1.165, 1.54) is 12.1 Å². The molecular weight excluding hydrogens is 488 g/mol. The van der Waals surface area contributed by atoms with Crippen LogP contribution in [0.1, 0.15) is 65.6 Å². The highest BCUT2D eigenvalue weighted by Gasteiger charge is 2.28. The van der Waals surface area contributed by atoms with Crippen LogP contribution in [-0.2, 0) is 9.47 Å². The number of hydrogen-bond donors (Lipinski definition) is 1. The van der Waals surface area contributed by atoms with E-state index >= 15 is 0 Å². The van der Waals surface area contributed by atoms with Crippen LogP contribution in [0.15, 0.2) is 41.5 Å². The topological polar surface area (TPSA) is 71.9 Å². The van der Waals surface area contributed by atoms with E-state index in [0.29, 0.717) is 42.4 Å². The van der Waals surface area contributed by atoms with Gasteiger partial charge in [0, 0.05) is 36.0 Å². The molecule has 0 bridgehead atoms. The molecule has 206 valence electrons. The van der Waals surface area contributed by atoms with Crippen LogP contribution in [0.2, 0.25) is 0 Å². The zero-order valence-corrected chi connectivity index (χ0v) is 23.4. The Balaban J connectivity index is 0.000000956. The Labute approximate surface area is 224 Å². The molecule has 3 aromatic rings. The van der Waals surface area contributed by atoms with E-state index in [9.17, 15) is 8.78 Å². The Morgan fingerprint density at radius 1 is 0.974 bits per heavy atom. The molecule has 1 unspecified atom stereocenters. The minimum Gasteiger partial charge on any atom is -0.475 e. The third-order valence-corrected chi connectivity index (χ3v) is 5.93. The first-order valence-electron chi connectivity index (χ1n) is 13.4. The summed E-state index contributed by atoms with van der Waals surface area (Å²) in [5.41, 5.74) is 3.06. The summed E-state index contributed by atoms with van der Waals surface area (Å²) in [4.78, 5) is 16.5. The van der Waals surface area contributed by atoms with Crippen molar-refractivity contribution < 1.29 is 18.3 Å². The third kappa shape index (κ3) is 6.95. The molecule has 7 nitrogen and oxygen atoms in total. The molecule has 2 aromatic carbocycles. The number of rotatable bonds is 5. The maximum absolute atomic E-state index is 13.8. The van der Waals surface area contributed by atoms with Gasteiger partial charge in [0.05, 0.1) is 42.0 Å². The van der Waals surface area contributed by atoms with E-state index in [-0.39, 0.29) is 11.6 Å². The molecule has 2 aliphatic heterocycles. The molecule has 5 rings (SSSR count). The summed E-state index contributed by atoms with van der Waals surface area (Å²) in [6, 6.07) is 6.94. The second-order valence-electron chi connectivity index (χ2n) is 9.30. The van der Waals surface area contributed by atoms with Gasteiger partial charge in [0.2, 0.25) is 5.90 Å². The van der Waals surface area contributed by atoms with Crippen LogP contribution in [0, 0.1) is 11.6 Å². The summed E-state index contributed by atoms with van der Waals surface area (Å²) >= 11 is 0. The van der Waals surface area contributed by atoms with E-state index in [0.717, 1.165) is 36.1 Å². The minimum absolute atomic E-state index is 0.306. The lowest BCUT2D eigenvalue weighted by atomic mass is 10.0. The van der Waals surface area contributed by atoms with Crippen molar-refractivity contribution in [3.05, 3.63) is 59.3 Å². The molecule has 1 fully saturated rings. The first-order chi connectivity index (χ1) is 18.3. The average Bonchev–Trinajstić information content (AvgIpc) is 3.29. The third-order valence-electron chi connectivity index (χ3n) is 5.93. The Morgan fingerprint density at radius 2 is 1.63 bits per heavy atom. The monoisotopic (exact) mass is 527 g/mol. The maximum atomic E-state index is 13.8. The predicted molar refractivity (Wildman–Crippen MR) is 150 cm³/mol. The molecule has 0 amide bonds. The van der Waals surface area contributed by atoms with E-state index < -0.39 is 11.6 Å². The summed E-state index contributed by atoms with van der Waals surface area (Å²) in [7, 11) is 0. The van der Waals surface area contributed by atoms with Gasteiger partial charge in [-0.3, -0.25) is 4.98 Å². The SMILES string of the molecule is CC.CC.CC(Nc1cc(F)cc(F)c1)c1cc(C2=NC(C)(C)CO2)cc2ncc(N3CCOCC3)nc12. The Bertz CT molecular complexity index is 1240. The summed E-state index contributed by atoms with van der Waals surface area (Å²) in [5, 5.41) is 3.20. The Morgan fingerprint density at radius 3 is 2.24 bits per heavy atom. The summed E-state index contributed by atoms with van der Waals surface area (Å²) in [5.74, 6) is 0.0397. The molecule has 1 aromatic heterocycles. The molecule has 0 aliphatic carbocycles. The molecule has 1 saturated heterocycles. The fourth-order valence-corrected chi connectivity index (χ4v) is 4.23. The Hall–Kier alpha value is -3.33. The number of fused-ring (bicyclic) bond motifs is 1. The molecule has 0 spiro atoms. The fourth-order valence-electron chi connectivity index (χ4n) is 4.23. The van der Waals surface area contributed by atoms with Crippen LogP contribution in [-0.4, -0.2) is 54.3 Å². The molecule has 9 heteroatoms. The van der Waals surface area contributed by atoms with Gasteiger partial charge >= 0.3 is 0 Å². The van der Waals surface area contributed by atoms with E-state index in [1.807, 2.05) is 60.6 Å². The lowest BCUT2D eigenvalue weighted by Gasteiger charge is -2.28. The normalized spacial score (nSPS) is 16.9. The van der Waals surface area contributed by atoms with Gasteiger partial charge in [-0.15, -0.1) is 0 Å². The second kappa shape index (κ2) is 13.0. The highest BCUT2D eigenvalue weighted by Crippen LogP contribution is 2.31. The van der Waals surface area contributed by atoms with Crippen LogP contribution >= 0.6 is 0 Å². The van der Waals surface area contributed by atoms with Crippen molar-refractivity contribution in [1.82, 2.24) is 9.97 Å². The number of nitrogens with one attached hydrogen (secondary N) is 1. The zero-order chi connectivity index (χ0) is 27.9. The predicted octanol–water partition coefficient (Wildman–Crippen LogP) is 6.53. The molecule has 1 atom stereocenters. The van der Waals surface area contributed by atoms with Crippen molar-refractivity contribution in [3.8, 4) is 0 Å². The van der Waals surface area contributed by atoms with Crippen LogP contribution in [0.25, 0.3) is 11.0 Å². The molecule has 3 heterocycles. The highest BCUT2D eigenvalue weighted by atomic mass is 19.1. The van der Waals surface area contributed by atoms with E-state index in [2.05, 4.69) is 10.2 Å². The van der Waals surface area contributed by atoms with Crippen molar-refractivity contribution >= 4 is 28.4 Å². The second-order valence-corrected chi connectivity index (χ2v) is 9.30. The standard InChI is InChI=1S/C25H27F2N5O2.2C2H6/c1-15(29-19-11-17(26)10-18(27)12-19)20-8-16(24-31-25(2,3)14-34-24)9-21-23(20)30-22(13-28-21)32-4-6-33-7-5-32;2*1-2/h8-13,15,29H,4-7,14H2,1-3H3;2*1-2H3. The van der Waals surface area contributed by atoms with Crippen LogP contribution in [0.3, 0.4) is 0 Å². The number of morpholine rings is 1. The van der Waals surface area contributed by atoms with Crippen molar-refractivity contribution in [2.75, 3.05) is 43.1 Å². The van der Waals surface area contributed by atoms with E-state index in [4.69, 9.17) is 24.4 Å². The number of hydrogen-bond acceptors (Lipinski definition) is 7. The van der Waals surface area contributed by atoms with Gasteiger partial charge in [0.25, 0.3) is 0 Å². The van der Waals surface area contributed by atoms with Crippen molar-refractivity contribution in [2.24, 2.45) is 4.99 Å². The number of anilines is 2. The van der Waals surface area contributed by atoms with Gasteiger partial charge in [0.15, 0.2) is 0 Å². The van der Waals surface area contributed by atoms with Crippen molar-refractivity contribution in [3.63, 3.8) is 0 Å². The fraction of sp³-hybridized carbons (Fsp3) is 0.483. The van der Waals surface area contributed by atoms with Crippen molar-refractivity contribution in [1.29, 1.82) is 0 Å². The van der Waals surface area contributed by atoms with Gasteiger partial charge in [-0.05, 0) is 45.0 Å². The lowest BCUT2D eigenvalue weighted by molar-refractivity contribution is 0.122. The number of aromatic nitrogens is 2. The summed E-state index contributed by atoms with van der Waals surface area (Å²) < 4.78 is 38.9. The first kappa shape index (κ1) is 29.2. The van der Waals surface area contributed by atoms with Crippen LogP contribution in [0.5, 0.6) is 0 Å².